The van der Waals surface area contributed by atoms with Crippen molar-refractivity contribution >= 4 is 11.3 Å². The van der Waals surface area contributed by atoms with Crippen molar-refractivity contribution in [3.8, 4) is 0 Å². The molecule has 0 radical (unpaired) electrons. The van der Waals surface area contributed by atoms with Crippen LogP contribution in [0, 0.1) is 0 Å². The van der Waals surface area contributed by atoms with Crippen molar-refractivity contribution in [2.75, 3.05) is 13.1 Å². The predicted octanol–water partition coefficient (Wildman–Crippen LogP) is 2.93. The highest BCUT2D eigenvalue weighted by Crippen LogP contribution is 2.26. The third kappa shape index (κ3) is 3.76. The third-order valence-electron chi connectivity index (χ3n) is 3.03. The van der Waals surface area contributed by atoms with Crippen LogP contribution in [0.25, 0.3) is 0 Å². The molecule has 96 valence electrons. The van der Waals surface area contributed by atoms with Gasteiger partial charge in [-0.05, 0) is 12.8 Å². The molecule has 1 aliphatic heterocycles. The van der Waals surface area contributed by atoms with Crippen molar-refractivity contribution in [1.82, 2.24) is 15.4 Å². The van der Waals surface area contributed by atoms with E-state index in [4.69, 9.17) is 0 Å². The molecule has 2 rings (SSSR count). The number of rotatable bonds is 3. The lowest BCUT2D eigenvalue weighted by Gasteiger charge is -2.26. The van der Waals surface area contributed by atoms with E-state index in [0.29, 0.717) is 0 Å². The summed E-state index contributed by atoms with van der Waals surface area (Å²) in [7, 11) is 0. The van der Waals surface area contributed by atoms with E-state index in [2.05, 4.69) is 36.2 Å². The Morgan fingerprint density at radius 2 is 2.00 bits per heavy atom. The lowest BCUT2D eigenvalue weighted by Crippen LogP contribution is -2.40. The maximum absolute atomic E-state index is 4.51. The second-order valence-corrected chi connectivity index (χ2v) is 6.88. The number of aromatic nitrogens is 1. The molecule has 3 nitrogen and oxygen atoms in total. The summed E-state index contributed by atoms with van der Waals surface area (Å²) >= 11 is 1.83. The first-order chi connectivity index (χ1) is 8.05. The van der Waals surface area contributed by atoms with Gasteiger partial charge in [0, 0.05) is 36.1 Å². The molecular formula is C13H23N3S. The van der Waals surface area contributed by atoms with Crippen molar-refractivity contribution in [3.63, 3.8) is 0 Å². The van der Waals surface area contributed by atoms with Gasteiger partial charge in [0.15, 0.2) is 0 Å². The molecule has 0 atom stereocenters. The highest BCUT2D eigenvalue weighted by molar-refractivity contribution is 7.11. The van der Waals surface area contributed by atoms with Crippen LogP contribution < -0.4 is 5.43 Å². The number of hydrazine groups is 1. The van der Waals surface area contributed by atoms with Crippen LogP contribution in [0.5, 0.6) is 0 Å². The molecule has 0 aliphatic carbocycles. The molecule has 1 N–H and O–H groups in total. The van der Waals surface area contributed by atoms with E-state index in [-0.39, 0.29) is 5.41 Å². The van der Waals surface area contributed by atoms with Gasteiger partial charge in [-0.3, -0.25) is 0 Å². The van der Waals surface area contributed by atoms with Crippen molar-refractivity contribution in [2.45, 2.75) is 52.0 Å². The summed E-state index contributed by atoms with van der Waals surface area (Å²) in [5.41, 5.74) is 3.68. The molecule has 4 heteroatoms. The van der Waals surface area contributed by atoms with Gasteiger partial charge >= 0.3 is 0 Å². The first-order valence-corrected chi connectivity index (χ1v) is 7.31. The summed E-state index contributed by atoms with van der Waals surface area (Å²) < 4.78 is 0. The minimum absolute atomic E-state index is 0.175. The molecule has 1 aromatic rings. The molecule has 1 aliphatic rings. The van der Waals surface area contributed by atoms with E-state index in [0.717, 1.165) is 6.54 Å². The Hall–Kier alpha value is -0.450. The van der Waals surface area contributed by atoms with Crippen molar-refractivity contribution in [3.05, 3.63) is 16.1 Å². The Morgan fingerprint density at radius 3 is 2.59 bits per heavy atom. The SMILES string of the molecule is CC(C)(C)c1ncc(CNN2CCCCC2)s1. The third-order valence-corrected chi connectivity index (χ3v) is 4.45. The van der Waals surface area contributed by atoms with E-state index in [9.17, 15) is 0 Å². The largest absolute Gasteiger partial charge is 0.250 e. The number of hydrogen-bond donors (Lipinski definition) is 1. The summed E-state index contributed by atoms with van der Waals surface area (Å²) in [5, 5.41) is 3.58. The minimum Gasteiger partial charge on any atom is -0.250 e. The van der Waals surface area contributed by atoms with Gasteiger partial charge < -0.3 is 0 Å². The molecular weight excluding hydrogens is 230 g/mol. The maximum Gasteiger partial charge on any atom is 0.0981 e. The number of nitrogens with zero attached hydrogens (tertiary/aromatic N) is 2. The van der Waals surface area contributed by atoms with E-state index < -0.39 is 0 Å². The second kappa shape index (κ2) is 5.46. The predicted molar refractivity (Wildman–Crippen MR) is 73.1 cm³/mol. The van der Waals surface area contributed by atoms with Crippen LogP contribution in [0.1, 0.15) is 49.9 Å². The molecule has 17 heavy (non-hydrogen) atoms. The van der Waals surface area contributed by atoms with E-state index in [1.54, 1.807) is 0 Å². The van der Waals surface area contributed by atoms with Crippen molar-refractivity contribution in [2.24, 2.45) is 0 Å². The Morgan fingerprint density at radius 1 is 1.29 bits per heavy atom. The number of nitrogens with one attached hydrogen (secondary N) is 1. The fourth-order valence-corrected chi connectivity index (χ4v) is 2.88. The van der Waals surface area contributed by atoms with Gasteiger partial charge in [0.05, 0.1) is 5.01 Å². The normalized spacial score (nSPS) is 18.5. The monoisotopic (exact) mass is 253 g/mol. The van der Waals surface area contributed by atoms with E-state index >= 15 is 0 Å². The van der Waals surface area contributed by atoms with Gasteiger partial charge in [0.25, 0.3) is 0 Å². The average molecular weight is 253 g/mol. The number of piperidine rings is 1. The molecule has 1 saturated heterocycles. The zero-order valence-electron chi connectivity index (χ0n) is 11.1. The van der Waals surface area contributed by atoms with Crippen LogP contribution in [0.3, 0.4) is 0 Å². The molecule has 0 spiro atoms. The first-order valence-electron chi connectivity index (χ1n) is 6.49. The fraction of sp³-hybridized carbons (Fsp3) is 0.769. The lowest BCUT2D eigenvalue weighted by atomic mass is 9.98. The summed E-state index contributed by atoms with van der Waals surface area (Å²) in [6.45, 7) is 9.94. The fourth-order valence-electron chi connectivity index (χ4n) is 1.98. The minimum atomic E-state index is 0.175. The zero-order chi connectivity index (χ0) is 12.3. The quantitative estimate of drug-likeness (QED) is 0.897. The van der Waals surface area contributed by atoms with Crippen molar-refractivity contribution in [1.29, 1.82) is 0 Å². The number of hydrogen-bond acceptors (Lipinski definition) is 4. The average Bonchev–Trinajstić information content (AvgIpc) is 2.76. The smallest absolute Gasteiger partial charge is 0.0981 e. The van der Waals surface area contributed by atoms with Gasteiger partial charge in [-0.2, -0.15) is 0 Å². The molecule has 1 aromatic heterocycles. The van der Waals surface area contributed by atoms with Crippen molar-refractivity contribution < 1.29 is 0 Å². The molecule has 0 bridgehead atoms. The summed E-state index contributed by atoms with van der Waals surface area (Å²) in [5.74, 6) is 0. The molecule has 1 fully saturated rings. The topological polar surface area (TPSA) is 28.2 Å². The first kappa shape index (κ1) is 13.0. The summed E-state index contributed by atoms with van der Waals surface area (Å²) in [6, 6.07) is 0. The van der Waals surface area contributed by atoms with E-state index in [1.807, 2.05) is 17.5 Å². The Balaban J connectivity index is 1.84. The van der Waals surface area contributed by atoms with Crippen LogP contribution in [0.4, 0.5) is 0 Å². The molecule has 0 amide bonds. The molecule has 0 saturated carbocycles. The summed E-state index contributed by atoms with van der Waals surface area (Å²) in [4.78, 5) is 5.84. The van der Waals surface area contributed by atoms with E-state index in [1.165, 1.54) is 42.2 Å². The van der Waals surface area contributed by atoms with Crippen LogP contribution in [-0.2, 0) is 12.0 Å². The molecule has 0 aromatic carbocycles. The van der Waals surface area contributed by atoms with Crippen LogP contribution in [-0.4, -0.2) is 23.1 Å². The standard InChI is InChI=1S/C13H23N3S/c1-13(2,3)12-14-9-11(17-12)10-15-16-7-5-4-6-8-16/h9,15H,4-8,10H2,1-3H3. The van der Waals surface area contributed by atoms with Gasteiger partial charge in [-0.1, -0.05) is 27.2 Å². The van der Waals surface area contributed by atoms with Crippen LogP contribution in [0.15, 0.2) is 6.20 Å². The molecule has 2 heterocycles. The highest BCUT2D eigenvalue weighted by Gasteiger charge is 2.18. The highest BCUT2D eigenvalue weighted by atomic mass is 32.1. The van der Waals surface area contributed by atoms with Gasteiger partial charge in [-0.15, -0.1) is 11.3 Å². The van der Waals surface area contributed by atoms with Crippen LogP contribution >= 0.6 is 11.3 Å². The molecule has 0 unspecified atom stereocenters. The number of thiazole rings is 1. The lowest BCUT2D eigenvalue weighted by molar-refractivity contribution is 0.152. The van der Waals surface area contributed by atoms with Gasteiger partial charge in [-0.25, -0.2) is 15.4 Å². The summed E-state index contributed by atoms with van der Waals surface area (Å²) in [6.07, 6.45) is 6.04. The zero-order valence-corrected chi connectivity index (χ0v) is 11.9. The van der Waals surface area contributed by atoms with Gasteiger partial charge in [0.1, 0.15) is 0 Å². The Labute approximate surface area is 108 Å². The van der Waals surface area contributed by atoms with Gasteiger partial charge in [0.2, 0.25) is 0 Å². The Kier molecular flexibility index (Phi) is 4.17. The Bertz CT molecular complexity index is 348. The maximum atomic E-state index is 4.51. The second-order valence-electron chi connectivity index (χ2n) is 5.76. The van der Waals surface area contributed by atoms with Crippen LogP contribution in [0.2, 0.25) is 0 Å².